The van der Waals surface area contributed by atoms with Crippen LogP contribution in [0.3, 0.4) is 0 Å². The van der Waals surface area contributed by atoms with E-state index in [0.29, 0.717) is 24.5 Å². The van der Waals surface area contributed by atoms with Crippen LogP contribution in [0.15, 0.2) is 12.2 Å². The lowest BCUT2D eigenvalue weighted by Gasteiger charge is -2.30. The third-order valence-corrected chi connectivity index (χ3v) is 8.18. The zero-order valence-electron chi connectivity index (χ0n) is 12.1. The maximum atomic E-state index is 11.6. The molecule has 0 N–H and O–H groups in total. The number of hydrogen-bond donors (Lipinski definition) is 0. The van der Waals surface area contributed by atoms with Gasteiger partial charge in [0.2, 0.25) is 0 Å². The molecule has 0 radical (unpaired) electrons. The molecule has 0 rings (SSSR count). The highest BCUT2D eigenvalue weighted by Gasteiger charge is 2.28. The maximum absolute atomic E-state index is 11.6. The average molecular weight is 337 g/mol. The number of carbonyl (C=O) groups excluding carboxylic acids is 1. The van der Waals surface area contributed by atoms with Gasteiger partial charge in [0.05, 0.1) is 12.7 Å². The van der Waals surface area contributed by atoms with E-state index in [1.807, 2.05) is 0 Å². The summed E-state index contributed by atoms with van der Waals surface area (Å²) in [4.78, 5) is 12.4. The molecular weight excluding hydrogens is 312 g/mol. The molecule has 0 fully saturated rings. The molecule has 0 aromatic carbocycles. The number of esters is 1. The van der Waals surface area contributed by atoms with Crippen LogP contribution in [-0.2, 0) is 14.0 Å². The Bertz CT molecular complexity index is 290. The monoisotopic (exact) mass is 336 g/mol. The predicted octanol–water partition coefficient (Wildman–Crippen LogP) is 3.68. The molecule has 18 heavy (non-hydrogen) atoms. The standard InChI is InChI=1S/C13H25BrO3Si/c1-7-16-13(15)11(4)8-12(10(2)3)17-18(5,6)9-14/h10,12H,4,7-9H2,1-3,5-6H3/t12-/m0/s1. The molecule has 0 unspecified atom stereocenters. The largest absolute Gasteiger partial charge is 0.463 e. The van der Waals surface area contributed by atoms with Crippen molar-refractivity contribution in [3.8, 4) is 0 Å². The number of ether oxygens (including phenoxy) is 1. The summed E-state index contributed by atoms with van der Waals surface area (Å²) in [5.74, 6) is 0.0343. The Morgan fingerprint density at radius 2 is 1.94 bits per heavy atom. The Morgan fingerprint density at radius 3 is 2.33 bits per heavy atom. The van der Waals surface area contributed by atoms with Crippen molar-refractivity contribution in [1.29, 1.82) is 0 Å². The molecule has 0 amide bonds. The lowest BCUT2D eigenvalue weighted by molar-refractivity contribution is -0.138. The third kappa shape index (κ3) is 6.71. The molecule has 0 saturated carbocycles. The van der Waals surface area contributed by atoms with Gasteiger partial charge in [-0.2, -0.15) is 0 Å². The van der Waals surface area contributed by atoms with E-state index in [1.54, 1.807) is 6.92 Å². The first-order valence-electron chi connectivity index (χ1n) is 6.32. The second kappa shape index (κ2) is 8.12. The van der Waals surface area contributed by atoms with Crippen LogP contribution < -0.4 is 0 Å². The summed E-state index contributed by atoms with van der Waals surface area (Å²) in [6.45, 7) is 14.5. The molecule has 3 nitrogen and oxygen atoms in total. The van der Waals surface area contributed by atoms with Crippen molar-refractivity contribution in [3.63, 3.8) is 0 Å². The number of alkyl halides is 1. The molecule has 0 saturated heterocycles. The summed E-state index contributed by atoms with van der Waals surface area (Å²) in [5.41, 5.74) is 0.495. The molecule has 0 aliphatic heterocycles. The fraction of sp³-hybridized carbons (Fsp3) is 0.769. The maximum Gasteiger partial charge on any atom is 0.333 e. The van der Waals surface area contributed by atoms with Crippen molar-refractivity contribution in [2.24, 2.45) is 5.92 Å². The molecule has 0 aliphatic carbocycles. The highest BCUT2D eigenvalue weighted by molar-refractivity contribution is 9.09. The Kier molecular flexibility index (Phi) is 8.06. The van der Waals surface area contributed by atoms with Gasteiger partial charge in [-0.15, -0.1) is 0 Å². The summed E-state index contributed by atoms with van der Waals surface area (Å²) in [6, 6.07) is 0. The van der Waals surface area contributed by atoms with Crippen LogP contribution in [0.5, 0.6) is 0 Å². The Labute approximate surface area is 120 Å². The van der Waals surface area contributed by atoms with Gasteiger partial charge >= 0.3 is 5.97 Å². The first-order chi connectivity index (χ1) is 8.23. The molecule has 0 spiro atoms. The topological polar surface area (TPSA) is 35.5 Å². The van der Waals surface area contributed by atoms with Gasteiger partial charge in [-0.3, -0.25) is 0 Å². The van der Waals surface area contributed by atoms with Crippen molar-refractivity contribution in [1.82, 2.24) is 0 Å². The Hall–Kier alpha value is -0.133. The number of rotatable bonds is 8. The van der Waals surface area contributed by atoms with Gasteiger partial charge in [-0.25, -0.2) is 4.79 Å². The quantitative estimate of drug-likeness (QED) is 0.293. The zero-order chi connectivity index (χ0) is 14.3. The van der Waals surface area contributed by atoms with Gasteiger partial charge in [-0.05, 0) is 25.9 Å². The molecule has 106 valence electrons. The zero-order valence-corrected chi connectivity index (χ0v) is 14.7. The normalized spacial score (nSPS) is 13.5. The van der Waals surface area contributed by atoms with Crippen LogP contribution in [0.2, 0.25) is 13.1 Å². The summed E-state index contributed by atoms with van der Waals surface area (Å²) in [5, 5.41) is 0. The predicted molar refractivity (Wildman–Crippen MR) is 81.4 cm³/mol. The SMILES string of the molecule is C=C(C[C@H](O[Si](C)(C)CBr)C(C)C)C(=O)OCC. The first kappa shape index (κ1) is 17.9. The van der Waals surface area contributed by atoms with Crippen LogP contribution >= 0.6 is 15.9 Å². The van der Waals surface area contributed by atoms with Gasteiger partial charge in [0.15, 0.2) is 8.32 Å². The smallest absolute Gasteiger partial charge is 0.333 e. The van der Waals surface area contributed by atoms with Gasteiger partial charge in [0.1, 0.15) is 0 Å². The Morgan fingerprint density at radius 1 is 1.39 bits per heavy atom. The number of carbonyl (C=O) groups is 1. The molecule has 0 aliphatic rings. The lowest BCUT2D eigenvalue weighted by atomic mass is 10.0. The van der Waals surface area contributed by atoms with Crippen LogP contribution in [0.1, 0.15) is 27.2 Å². The van der Waals surface area contributed by atoms with Crippen LogP contribution in [-0.4, -0.2) is 32.0 Å². The van der Waals surface area contributed by atoms with E-state index in [0.717, 1.165) is 4.95 Å². The molecule has 0 heterocycles. The lowest BCUT2D eigenvalue weighted by Crippen LogP contribution is -2.40. The van der Waals surface area contributed by atoms with E-state index >= 15 is 0 Å². The fourth-order valence-electron chi connectivity index (χ4n) is 1.41. The van der Waals surface area contributed by atoms with Gasteiger partial charge in [0, 0.05) is 16.9 Å². The molecule has 0 aromatic rings. The summed E-state index contributed by atoms with van der Waals surface area (Å²) < 4.78 is 11.1. The van der Waals surface area contributed by atoms with Gasteiger partial charge in [0.25, 0.3) is 0 Å². The summed E-state index contributed by atoms with van der Waals surface area (Å²) in [7, 11) is -1.70. The summed E-state index contributed by atoms with van der Waals surface area (Å²) >= 11 is 3.49. The number of hydrogen-bond acceptors (Lipinski definition) is 3. The van der Waals surface area contributed by atoms with E-state index in [9.17, 15) is 4.79 Å². The van der Waals surface area contributed by atoms with E-state index in [-0.39, 0.29) is 12.1 Å². The van der Waals surface area contributed by atoms with E-state index in [1.165, 1.54) is 0 Å². The first-order valence-corrected chi connectivity index (χ1v) is 10.6. The minimum absolute atomic E-state index is 0.0288. The minimum atomic E-state index is -1.70. The molecule has 5 heteroatoms. The minimum Gasteiger partial charge on any atom is -0.463 e. The van der Waals surface area contributed by atoms with Crippen molar-refractivity contribution in [2.45, 2.75) is 46.4 Å². The second-order valence-corrected chi connectivity index (χ2v) is 11.0. The van der Waals surface area contributed by atoms with Crippen molar-refractivity contribution >= 4 is 30.2 Å². The van der Waals surface area contributed by atoms with Crippen molar-refractivity contribution < 1.29 is 14.0 Å². The van der Waals surface area contributed by atoms with E-state index in [2.05, 4.69) is 49.5 Å². The van der Waals surface area contributed by atoms with Crippen LogP contribution in [0.25, 0.3) is 0 Å². The highest BCUT2D eigenvalue weighted by atomic mass is 79.9. The average Bonchev–Trinajstić information content (AvgIpc) is 2.28. The van der Waals surface area contributed by atoms with E-state index in [4.69, 9.17) is 9.16 Å². The second-order valence-electron chi connectivity index (χ2n) is 5.32. The highest BCUT2D eigenvalue weighted by Crippen LogP contribution is 2.22. The Balaban J connectivity index is 4.55. The van der Waals surface area contributed by atoms with E-state index < -0.39 is 8.32 Å². The van der Waals surface area contributed by atoms with Crippen LogP contribution in [0.4, 0.5) is 0 Å². The van der Waals surface area contributed by atoms with Crippen molar-refractivity contribution in [3.05, 3.63) is 12.2 Å². The summed E-state index contributed by atoms with van der Waals surface area (Å²) in [6.07, 6.45) is 0.570. The van der Waals surface area contributed by atoms with Crippen LogP contribution in [0, 0.1) is 5.92 Å². The van der Waals surface area contributed by atoms with Crippen molar-refractivity contribution in [2.75, 3.05) is 11.6 Å². The van der Waals surface area contributed by atoms with Gasteiger partial charge in [-0.1, -0.05) is 36.4 Å². The number of halogens is 1. The van der Waals surface area contributed by atoms with Gasteiger partial charge < -0.3 is 9.16 Å². The molecular formula is C13H25BrO3Si. The fourth-order valence-corrected chi connectivity index (χ4v) is 3.05. The molecule has 0 aromatic heterocycles. The third-order valence-electron chi connectivity index (χ3n) is 2.55. The molecule has 0 bridgehead atoms. The molecule has 1 atom stereocenters.